The van der Waals surface area contributed by atoms with E-state index in [2.05, 4.69) is 31.8 Å². The number of nitrogens with zero attached hydrogens (tertiary/aromatic N) is 6. The lowest BCUT2D eigenvalue weighted by Crippen LogP contribution is -2.24. The molecule has 3 aromatic heterocycles. The van der Waals surface area contributed by atoms with Crippen molar-refractivity contribution in [2.45, 2.75) is 31.7 Å². The zero-order valence-corrected chi connectivity index (χ0v) is 16.6. The quantitative estimate of drug-likeness (QED) is 0.714. The van der Waals surface area contributed by atoms with Crippen molar-refractivity contribution < 1.29 is 4.39 Å². The van der Waals surface area contributed by atoms with Crippen LogP contribution in [0.1, 0.15) is 42.7 Å². The van der Waals surface area contributed by atoms with Gasteiger partial charge in [-0.1, -0.05) is 13.0 Å². The molecule has 0 amide bonds. The van der Waals surface area contributed by atoms with Crippen LogP contribution in [-0.2, 0) is 6.54 Å². The standard InChI is InChI=1S/C21H22FN7O/c1-13-10-28(12-18-23-7-2-8-24-18)11-16(13)19-26-21(30)17-9-25-20(29(17)27-19)14-3-5-15(22)6-4-14/h2-3,5-9,13-14,16H,4,10-12H2,1H3,(H,26,27,30)/t13-,14?,16-/m1/s1. The number of hydrogen-bond acceptors (Lipinski definition) is 6. The number of nitrogens with one attached hydrogen (secondary N) is 1. The number of allylic oxidation sites excluding steroid dienone is 4. The second-order valence-corrected chi connectivity index (χ2v) is 7.99. The molecule has 0 saturated carbocycles. The Hall–Kier alpha value is -3.20. The lowest BCUT2D eigenvalue weighted by atomic mass is 9.97. The molecular formula is C21H22FN7O. The minimum atomic E-state index is -0.249. The molecule has 154 valence electrons. The summed E-state index contributed by atoms with van der Waals surface area (Å²) in [7, 11) is 0. The van der Waals surface area contributed by atoms with Gasteiger partial charge in [-0.25, -0.2) is 23.9 Å². The largest absolute Gasteiger partial charge is 0.307 e. The number of H-pyrrole nitrogens is 1. The summed E-state index contributed by atoms with van der Waals surface area (Å²) in [6.45, 7) is 4.45. The van der Waals surface area contributed by atoms with E-state index in [9.17, 15) is 9.18 Å². The first-order valence-electron chi connectivity index (χ1n) is 10.1. The average Bonchev–Trinajstić information content (AvgIpc) is 3.33. The van der Waals surface area contributed by atoms with Gasteiger partial charge in [0.1, 0.15) is 23.3 Å². The zero-order valence-electron chi connectivity index (χ0n) is 16.6. The van der Waals surface area contributed by atoms with Crippen LogP contribution >= 0.6 is 0 Å². The fourth-order valence-electron chi connectivity index (χ4n) is 4.30. The summed E-state index contributed by atoms with van der Waals surface area (Å²) >= 11 is 0. The van der Waals surface area contributed by atoms with Gasteiger partial charge in [-0.2, -0.15) is 5.10 Å². The summed E-state index contributed by atoms with van der Waals surface area (Å²) in [5.74, 6) is 2.12. The highest BCUT2D eigenvalue weighted by molar-refractivity contribution is 5.43. The van der Waals surface area contributed by atoms with Gasteiger partial charge in [0, 0.05) is 37.3 Å². The monoisotopic (exact) mass is 407 g/mol. The van der Waals surface area contributed by atoms with Crippen LogP contribution < -0.4 is 5.56 Å². The maximum atomic E-state index is 13.3. The Bertz CT molecular complexity index is 1180. The Balaban J connectivity index is 1.44. The summed E-state index contributed by atoms with van der Waals surface area (Å²) in [4.78, 5) is 31.0. The summed E-state index contributed by atoms with van der Waals surface area (Å²) in [6, 6.07) is 1.80. The summed E-state index contributed by atoms with van der Waals surface area (Å²) < 4.78 is 15.0. The van der Waals surface area contributed by atoms with Crippen molar-refractivity contribution in [3.8, 4) is 0 Å². The summed E-state index contributed by atoms with van der Waals surface area (Å²) in [5.41, 5.74) is 0.190. The molecule has 0 bridgehead atoms. The van der Waals surface area contributed by atoms with Crippen LogP contribution in [0.5, 0.6) is 0 Å². The van der Waals surface area contributed by atoms with Crippen LogP contribution in [-0.4, -0.2) is 47.5 Å². The Morgan fingerprint density at radius 1 is 1.23 bits per heavy atom. The molecule has 9 heteroatoms. The lowest BCUT2D eigenvalue weighted by molar-refractivity contribution is 0.310. The fraction of sp³-hybridized carbons (Fsp3) is 0.381. The van der Waals surface area contributed by atoms with E-state index in [0.29, 0.717) is 36.0 Å². The van der Waals surface area contributed by atoms with Gasteiger partial charge in [0.15, 0.2) is 5.52 Å². The molecule has 3 aromatic rings. The summed E-state index contributed by atoms with van der Waals surface area (Å²) in [6.07, 6.45) is 10.3. The number of likely N-dealkylation sites (tertiary alicyclic amines) is 1. The molecular weight excluding hydrogens is 385 g/mol. The molecule has 1 fully saturated rings. The minimum Gasteiger partial charge on any atom is -0.307 e. The second-order valence-electron chi connectivity index (χ2n) is 7.99. The minimum absolute atomic E-state index is 0.0836. The normalized spacial score (nSPS) is 24.5. The van der Waals surface area contributed by atoms with Crippen LogP contribution in [0.25, 0.3) is 5.52 Å². The van der Waals surface area contributed by atoms with E-state index in [-0.39, 0.29) is 23.2 Å². The van der Waals surface area contributed by atoms with Crippen molar-refractivity contribution >= 4 is 5.52 Å². The van der Waals surface area contributed by atoms with Crippen molar-refractivity contribution in [2.24, 2.45) is 5.92 Å². The third-order valence-electron chi connectivity index (χ3n) is 5.86. The van der Waals surface area contributed by atoms with E-state index in [1.54, 1.807) is 29.1 Å². The van der Waals surface area contributed by atoms with Gasteiger partial charge in [-0.15, -0.1) is 0 Å². The van der Waals surface area contributed by atoms with Crippen molar-refractivity contribution in [1.29, 1.82) is 0 Å². The SMILES string of the molecule is C[C@@H]1CN(Cc2ncccn2)C[C@H]1c1nn2c(C3C=CC(F)=CC3)ncc2c(=O)[nH]1. The average molecular weight is 407 g/mol. The van der Waals surface area contributed by atoms with Crippen molar-refractivity contribution in [2.75, 3.05) is 13.1 Å². The molecule has 3 atom stereocenters. The lowest BCUT2D eigenvalue weighted by Gasteiger charge is -2.16. The molecule has 1 aliphatic heterocycles. The van der Waals surface area contributed by atoms with Gasteiger partial charge in [0.25, 0.3) is 5.56 Å². The molecule has 0 aromatic carbocycles. The van der Waals surface area contributed by atoms with Crippen molar-refractivity contribution in [1.82, 2.24) is 34.4 Å². The zero-order chi connectivity index (χ0) is 20.7. The number of hydrogen-bond donors (Lipinski definition) is 1. The predicted octanol–water partition coefficient (Wildman–Crippen LogP) is 2.34. The van der Waals surface area contributed by atoms with Crippen molar-refractivity contribution in [3.63, 3.8) is 0 Å². The summed E-state index contributed by atoms with van der Waals surface area (Å²) in [5, 5.41) is 4.76. The van der Waals surface area contributed by atoms with Crippen LogP contribution in [0.15, 0.2) is 53.5 Å². The third-order valence-corrected chi connectivity index (χ3v) is 5.86. The number of halogens is 1. The Morgan fingerprint density at radius 3 is 2.83 bits per heavy atom. The van der Waals surface area contributed by atoms with Crippen LogP contribution in [0, 0.1) is 5.92 Å². The van der Waals surface area contributed by atoms with E-state index in [1.807, 2.05) is 0 Å². The first-order valence-corrected chi connectivity index (χ1v) is 10.1. The van der Waals surface area contributed by atoms with Gasteiger partial charge < -0.3 is 4.98 Å². The highest BCUT2D eigenvalue weighted by Gasteiger charge is 2.33. The van der Waals surface area contributed by atoms with Gasteiger partial charge >= 0.3 is 0 Å². The molecule has 8 nitrogen and oxygen atoms in total. The number of rotatable bonds is 4. The van der Waals surface area contributed by atoms with Gasteiger partial charge in [-0.05, 0) is 30.6 Å². The molecule has 1 saturated heterocycles. The fourth-order valence-corrected chi connectivity index (χ4v) is 4.30. The smallest absolute Gasteiger partial charge is 0.276 e. The van der Waals surface area contributed by atoms with E-state index in [1.165, 1.54) is 18.3 Å². The first kappa shape index (κ1) is 18.8. The molecule has 2 aliphatic rings. The maximum absolute atomic E-state index is 13.3. The Kier molecular flexibility index (Phi) is 4.74. The molecule has 1 unspecified atom stereocenters. The predicted molar refractivity (Wildman–Crippen MR) is 109 cm³/mol. The molecule has 30 heavy (non-hydrogen) atoms. The van der Waals surface area contributed by atoms with E-state index in [4.69, 9.17) is 5.10 Å². The number of fused-ring (bicyclic) bond motifs is 1. The highest BCUT2D eigenvalue weighted by atomic mass is 19.1. The van der Waals surface area contributed by atoms with Crippen LogP contribution in [0.2, 0.25) is 0 Å². The maximum Gasteiger partial charge on any atom is 0.276 e. The van der Waals surface area contributed by atoms with E-state index >= 15 is 0 Å². The van der Waals surface area contributed by atoms with Crippen LogP contribution in [0.4, 0.5) is 4.39 Å². The number of aromatic nitrogens is 6. The van der Waals surface area contributed by atoms with Gasteiger partial charge in [0.2, 0.25) is 0 Å². The third kappa shape index (κ3) is 3.45. The molecule has 4 heterocycles. The molecule has 0 spiro atoms. The second kappa shape index (κ2) is 7.56. The topological polar surface area (TPSA) is 92.1 Å². The molecule has 1 N–H and O–H groups in total. The molecule has 0 radical (unpaired) electrons. The molecule has 1 aliphatic carbocycles. The van der Waals surface area contributed by atoms with Gasteiger partial charge in [0.05, 0.1) is 12.7 Å². The van der Waals surface area contributed by atoms with Crippen molar-refractivity contribution in [3.05, 3.63) is 76.5 Å². The first-order chi connectivity index (χ1) is 14.6. The van der Waals surface area contributed by atoms with Crippen LogP contribution in [0.3, 0.4) is 0 Å². The number of aromatic amines is 1. The Morgan fingerprint density at radius 2 is 2.07 bits per heavy atom. The highest BCUT2D eigenvalue weighted by Crippen LogP contribution is 2.31. The molecule has 5 rings (SSSR count). The number of imidazole rings is 1. The Labute approximate surface area is 172 Å². The van der Waals surface area contributed by atoms with E-state index in [0.717, 1.165) is 18.9 Å². The van der Waals surface area contributed by atoms with Gasteiger partial charge in [-0.3, -0.25) is 9.69 Å². The van der Waals surface area contributed by atoms with E-state index < -0.39 is 0 Å².